The fraction of sp³-hybridized carbons (Fsp3) is 0.200. The first-order chi connectivity index (χ1) is 14.2. The summed E-state index contributed by atoms with van der Waals surface area (Å²) in [5.74, 6) is -3.46. The average Bonchev–Trinajstić information content (AvgIpc) is 3.04. The van der Waals surface area contributed by atoms with Crippen LogP contribution in [0.5, 0.6) is 0 Å². The van der Waals surface area contributed by atoms with Crippen LogP contribution in [-0.2, 0) is 4.79 Å². The first-order valence-corrected chi connectivity index (χ1v) is 9.80. The molecule has 4 N–H and O–H groups in total. The van der Waals surface area contributed by atoms with E-state index < -0.39 is 28.9 Å². The largest absolute Gasteiger partial charge is 0.366 e. The molecule has 156 valence electrons. The van der Waals surface area contributed by atoms with E-state index in [1.165, 1.54) is 6.07 Å². The van der Waals surface area contributed by atoms with Crippen molar-refractivity contribution in [2.45, 2.75) is 6.04 Å². The second-order valence-electron chi connectivity index (χ2n) is 7.11. The van der Waals surface area contributed by atoms with E-state index in [1.54, 1.807) is 12.2 Å². The number of carbonyl (C=O) groups excluding carboxylic acids is 2. The molecule has 30 heavy (non-hydrogen) atoms. The standard InChI is InChI=1S/C20H17F3N4O2S/c1-27-7-14-10(15(28)8-27)2-3-17(25-14)26-20-11(19(24)29)6-16(30-20)18-12(22)4-9(21)5-13(18)23/h2-6,14,25-26H,7-8H2,1H3,(H2,24,29). The number of hydrogen-bond acceptors (Lipinski definition) is 6. The minimum Gasteiger partial charge on any atom is -0.366 e. The molecule has 1 fully saturated rings. The van der Waals surface area contributed by atoms with Crippen LogP contribution in [-0.4, -0.2) is 42.8 Å². The second-order valence-corrected chi connectivity index (χ2v) is 8.16. The highest BCUT2D eigenvalue weighted by Gasteiger charge is 2.31. The van der Waals surface area contributed by atoms with Crippen molar-refractivity contribution in [3.63, 3.8) is 0 Å². The maximum absolute atomic E-state index is 14.2. The number of amides is 1. The second kappa shape index (κ2) is 7.62. The number of piperidine rings is 1. The lowest BCUT2D eigenvalue weighted by Gasteiger charge is -2.34. The number of benzene rings is 1. The van der Waals surface area contributed by atoms with Crippen molar-refractivity contribution in [1.29, 1.82) is 0 Å². The number of fused-ring (bicyclic) bond motifs is 1. The SMILES string of the molecule is CN1CC(=O)C2=CC=C(Nc3sc(-c4c(F)cc(F)cc4F)cc3C(N)=O)NC2C1. The molecule has 2 aliphatic heterocycles. The Hall–Kier alpha value is -3.11. The van der Waals surface area contributed by atoms with E-state index in [-0.39, 0.29) is 27.3 Å². The molecule has 2 aromatic rings. The van der Waals surface area contributed by atoms with Crippen LogP contribution >= 0.6 is 11.3 Å². The van der Waals surface area contributed by atoms with Gasteiger partial charge in [-0.3, -0.25) is 14.5 Å². The average molecular weight is 434 g/mol. The van der Waals surface area contributed by atoms with E-state index in [0.29, 0.717) is 36.6 Å². The number of nitrogens with one attached hydrogen (secondary N) is 2. The highest BCUT2D eigenvalue weighted by atomic mass is 32.1. The minimum absolute atomic E-state index is 0.0232. The van der Waals surface area contributed by atoms with Crippen LogP contribution in [0.15, 0.2) is 41.7 Å². The summed E-state index contributed by atoms with van der Waals surface area (Å²) in [5.41, 5.74) is 5.69. The molecule has 1 aromatic heterocycles. The highest BCUT2D eigenvalue weighted by Crippen LogP contribution is 2.38. The van der Waals surface area contributed by atoms with Crippen molar-refractivity contribution >= 4 is 28.0 Å². The quantitative estimate of drug-likeness (QED) is 0.689. The lowest BCUT2D eigenvalue weighted by Crippen LogP contribution is -2.51. The van der Waals surface area contributed by atoms with E-state index in [9.17, 15) is 22.8 Å². The van der Waals surface area contributed by atoms with Gasteiger partial charge in [-0.05, 0) is 25.3 Å². The number of carbonyl (C=O) groups is 2. The molecule has 0 aliphatic carbocycles. The van der Waals surface area contributed by atoms with Crippen LogP contribution in [0.4, 0.5) is 18.2 Å². The lowest BCUT2D eigenvalue weighted by atomic mass is 9.95. The zero-order valence-corrected chi connectivity index (χ0v) is 16.6. The van der Waals surface area contributed by atoms with E-state index in [2.05, 4.69) is 10.6 Å². The molecule has 3 heterocycles. The van der Waals surface area contributed by atoms with E-state index in [1.807, 2.05) is 11.9 Å². The molecule has 2 aliphatic rings. The molecule has 0 spiro atoms. The van der Waals surface area contributed by atoms with Crippen LogP contribution in [0.1, 0.15) is 10.4 Å². The van der Waals surface area contributed by atoms with Gasteiger partial charge in [0.25, 0.3) is 5.91 Å². The van der Waals surface area contributed by atoms with Crippen molar-refractivity contribution in [2.75, 3.05) is 25.5 Å². The molecule has 6 nitrogen and oxygen atoms in total. The number of primary amides is 1. The minimum atomic E-state index is -1.08. The number of halogens is 3. The van der Waals surface area contributed by atoms with E-state index in [0.717, 1.165) is 11.3 Å². The van der Waals surface area contributed by atoms with Crippen LogP contribution in [0.25, 0.3) is 10.4 Å². The number of rotatable bonds is 4. The third-order valence-corrected chi connectivity index (χ3v) is 5.93. The summed E-state index contributed by atoms with van der Waals surface area (Å²) in [6.07, 6.45) is 3.36. The maximum Gasteiger partial charge on any atom is 0.251 e. The molecule has 4 rings (SSSR count). The first kappa shape index (κ1) is 20.2. The van der Waals surface area contributed by atoms with Crippen molar-refractivity contribution in [2.24, 2.45) is 5.73 Å². The monoisotopic (exact) mass is 434 g/mol. The number of thiophene rings is 1. The van der Waals surface area contributed by atoms with Crippen LogP contribution < -0.4 is 16.4 Å². The van der Waals surface area contributed by atoms with Crippen LogP contribution in [0.2, 0.25) is 0 Å². The molecule has 0 bridgehead atoms. The number of likely N-dealkylation sites (tertiary alicyclic amines) is 1. The smallest absolute Gasteiger partial charge is 0.251 e. The molecule has 1 aromatic carbocycles. The van der Waals surface area contributed by atoms with Gasteiger partial charge in [-0.15, -0.1) is 11.3 Å². The van der Waals surface area contributed by atoms with Gasteiger partial charge in [0.2, 0.25) is 0 Å². The molecule has 1 saturated heterocycles. The Labute approximate surface area is 173 Å². The first-order valence-electron chi connectivity index (χ1n) is 8.98. The highest BCUT2D eigenvalue weighted by molar-refractivity contribution is 7.19. The molecule has 0 radical (unpaired) electrons. The Balaban J connectivity index is 1.67. The molecular weight excluding hydrogens is 417 g/mol. The molecule has 10 heteroatoms. The number of allylic oxidation sites excluding steroid dienone is 2. The van der Waals surface area contributed by atoms with Crippen molar-refractivity contribution in [3.05, 3.63) is 64.8 Å². The van der Waals surface area contributed by atoms with Gasteiger partial charge in [0.05, 0.1) is 23.7 Å². The van der Waals surface area contributed by atoms with Gasteiger partial charge in [0.15, 0.2) is 5.78 Å². The fourth-order valence-electron chi connectivity index (χ4n) is 3.51. The summed E-state index contributed by atoms with van der Waals surface area (Å²) in [4.78, 5) is 26.0. The number of nitrogens with zero attached hydrogens (tertiary/aromatic N) is 1. The molecule has 1 amide bonds. The number of hydrogen-bond donors (Lipinski definition) is 3. The predicted octanol–water partition coefficient (Wildman–Crippen LogP) is 2.60. The predicted molar refractivity (Wildman–Crippen MR) is 107 cm³/mol. The Morgan fingerprint density at radius 2 is 1.93 bits per heavy atom. The number of anilines is 1. The summed E-state index contributed by atoms with van der Waals surface area (Å²) in [6.45, 7) is 0.955. The van der Waals surface area contributed by atoms with Crippen molar-refractivity contribution in [3.8, 4) is 10.4 Å². The van der Waals surface area contributed by atoms with Crippen molar-refractivity contribution < 1.29 is 22.8 Å². The lowest BCUT2D eigenvalue weighted by molar-refractivity contribution is -0.118. The Bertz CT molecular complexity index is 1100. The summed E-state index contributed by atoms with van der Waals surface area (Å²) in [5, 5.41) is 6.46. The van der Waals surface area contributed by atoms with E-state index >= 15 is 0 Å². The topological polar surface area (TPSA) is 87.5 Å². The summed E-state index contributed by atoms with van der Waals surface area (Å²) in [7, 11) is 1.84. The number of Topliss-reactive ketones (excluding diaryl/α,β-unsaturated/α-hetero) is 1. The van der Waals surface area contributed by atoms with Crippen LogP contribution in [0, 0.1) is 17.5 Å². The zero-order valence-electron chi connectivity index (χ0n) is 15.8. The third-order valence-electron chi connectivity index (χ3n) is 4.86. The summed E-state index contributed by atoms with van der Waals surface area (Å²) >= 11 is 0.906. The van der Waals surface area contributed by atoms with Gasteiger partial charge < -0.3 is 16.4 Å². The number of dihydropyridines is 1. The Kier molecular flexibility index (Phi) is 5.12. The van der Waals surface area contributed by atoms with Gasteiger partial charge >= 0.3 is 0 Å². The summed E-state index contributed by atoms with van der Waals surface area (Å²) < 4.78 is 41.6. The zero-order chi connectivity index (χ0) is 21.6. The Morgan fingerprint density at radius 3 is 2.60 bits per heavy atom. The van der Waals surface area contributed by atoms with Crippen molar-refractivity contribution in [1.82, 2.24) is 10.2 Å². The number of ketones is 1. The number of likely N-dealkylation sites (N-methyl/N-ethyl adjacent to an activating group) is 1. The van der Waals surface area contributed by atoms with Crippen LogP contribution in [0.3, 0.4) is 0 Å². The fourth-order valence-corrected chi connectivity index (χ4v) is 4.64. The number of nitrogens with two attached hydrogens (primary N) is 1. The maximum atomic E-state index is 14.2. The molecular formula is C20H17F3N4O2S. The third kappa shape index (κ3) is 3.71. The van der Waals surface area contributed by atoms with Gasteiger partial charge in [-0.2, -0.15) is 0 Å². The van der Waals surface area contributed by atoms with Gasteiger partial charge in [0, 0.05) is 29.1 Å². The normalized spacial score (nSPS) is 18.9. The summed E-state index contributed by atoms with van der Waals surface area (Å²) in [6, 6.07) is 2.18. The van der Waals surface area contributed by atoms with Gasteiger partial charge in [-0.1, -0.05) is 0 Å². The molecule has 0 saturated carbocycles. The molecule has 1 atom stereocenters. The van der Waals surface area contributed by atoms with Gasteiger partial charge in [0.1, 0.15) is 28.3 Å². The van der Waals surface area contributed by atoms with E-state index in [4.69, 9.17) is 5.73 Å². The Morgan fingerprint density at radius 1 is 1.23 bits per heavy atom. The van der Waals surface area contributed by atoms with Gasteiger partial charge in [-0.25, -0.2) is 13.2 Å². The molecule has 1 unspecified atom stereocenters.